The molecule has 0 aliphatic carbocycles. The zero-order valence-electron chi connectivity index (χ0n) is 13.6. The Balaban J connectivity index is 2.13. The molecule has 2 rings (SSSR count). The van der Waals surface area contributed by atoms with Gasteiger partial charge in [-0.05, 0) is 6.42 Å². The molecule has 9 heteroatoms. The Kier molecular flexibility index (Phi) is 6.28. The van der Waals surface area contributed by atoms with Gasteiger partial charge in [0, 0.05) is 43.9 Å². The summed E-state index contributed by atoms with van der Waals surface area (Å²) in [4.78, 5) is 18.0. The minimum Gasteiger partial charge on any atom is -0.380 e. The molecule has 23 heavy (non-hydrogen) atoms. The molecule has 0 spiro atoms. The van der Waals surface area contributed by atoms with Gasteiger partial charge < -0.3 is 9.72 Å². The lowest BCUT2D eigenvalue weighted by Gasteiger charge is -2.28. The van der Waals surface area contributed by atoms with E-state index < -0.39 is 10.2 Å². The van der Waals surface area contributed by atoms with E-state index in [0.29, 0.717) is 51.5 Å². The second kappa shape index (κ2) is 8.00. The Labute approximate surface area is 136 Å². The van der Waals surface area contributed by atoms with Crippen LogP contribution in [0.4, 0.5) is 0 Å². The summed E-state index contributed by atoms with van der Waals surface area (Å²) in [5.41, 5.74) is 0.432. The third-order valence-electron chi connectivity index (χ3n) is 3.89. The Morgan fingerprint density at radius 1 is 1.43 bits per heavy atom. The number of ether oxygens (including phenoxy) is 1. The van der Waals surface area contributed by atoms with Crippen LogP contribution >= 0.6 is 0 Å². The molecule has 0 aromatic carbocycles. The SMILES string of the molecule is CCN(CC)S(=O)(=O)N1CCOC[C@@H](Cc2cc(=O)[nH]cn2)C1. The van der Waals surface area contributed by atoms with Crippen LogP contribution in [-0.4, -0.2) is 66.4 Å². The van der Waals surface area contributed by atoms with Crippen LogP contribution in [0.1, 0.15) is 19.5 Å². The molecule has 0 radical (unpaired) electrons. The van der Waals surface area contributed by atoms with Crippen LogP contribution in [0.25, 0.3) is 0 Å². The number of nitrogens with zero attached hydrogens (tertiary/aromatic N) is 3. The molecule has 1 fully saturated rings. The van der Waals surface area contributed by atoms with E-state index in [1.54, 1.807) is 0 Å². The highest BCUT2D eigenvalue weighted by molar-refractivity contribution is 7.86. The maximum absolute atomic E-state index is 12.7. The van der Waals surface area contributed by atoms with Gasteiger partial charge in [0.05, 0.1) is 19.5 Å². The summed E-state index contributed by atoms with van der Waals surface area (Å²) in [5, 5.41) is 0. The third kappa shape index (κ3) is 4.60. The van der Waals surface area contributed by atoms with Crippen molar-refractivity contribution < 1.29 is 13.2 Å². The maximum Gasteiger partial charge on any atom is 0.282 e. The molecule has 1 atom stereocenters. The van der Waals surface area contributed by atoms with Crippen molar-refractivity contribution in [3.63, 3.8) is 0 Å². The first-order valence-corrected chi connectivity index (χ1v) is 9.23. The largest absolute Gasteiger partial charge is 0.380 e. The number of hydrogen-bond donors (Lipinski definition) is 1. The Morgan fingerprint density at radius 2 is 2.17 bits per heavy atom. The summed E-state index contributed by atoms with van der Waals surface area (Å²) >= 11 is 0. The smallest absolute Gasteiger partial charge is 0.282 e. The molecule has 1 saturated heterocycles. The molecule has 1 aliphatic rings. The first-order chi connectivity index (χ1) is 11.0. The number of aromatic amines is 1. The van der Waals surface area contributed by atoms with Crippen molar-refractivity contribution in [1.82, 2.24) is 18.6 Å². The summed E-state index contributed by atoms with van der Waals surface area (Å²) < 4.78 is 33.8. The summed E-state index contributed by atoms with van der Waals surface area (Å²) in [6.45, 7) is 6.08. The molecule has 1 aromatic heterocycles. The summed E-state index contributed by atoms with van der Waals surface area (Å²) in [7, 11) is -3.48. The fraction of sp³-hybridized carbons (Fsp3) is 0.714. The minimum absolute atomic E-state index is 0.0304. The summed E-state index contributed by atoms with van der Waals surface area (Å²) in [5.74, 6) is -0.0304. The van der Waals surface area contributed by atoms with Crippen molar-refractivity contribution in [2.24, 2.45) is 5.92 Å². The van der Waals surface area contributed by atoms with Crippen LogP contribution in [0.2, 0.25) is 0 Å². The number of aromatic nitrogens is 2. The van der Waals surface area contributed by atoms with Gasteiger partial charge in [0.15, 0.2) is 0 Å². The topological polar surface area (TPSA) is 95.6 Å². The maximum atomic E-state index is 12.7. The van der Waals surface area contributed by atoms with Crippen molar-refractivity contribution in [2.45, 2.75) is 20.3 Å². The number of H-pyrrole nitrogens is 1. The molecule has 8 nitrogen and oxygen atoms in total. The molecule has 0 amide bonds. The van der Waals surface area contributed by atoms with Gasteiger partial charge in [-0.2, -0.15) is 17.0 Å². The van der Waals surface area contributed by atoms with Crippen LogP contribution < -0.4 is 5.56 Å². The number of hydrogen-bond acceptors (Lipinski definition) is 5. The van der Waals surface area contributed by atoms with Crippen molar-refractivity contribution >= 4 is 10.2 Å². The fourth-order valence-electron chi connectivity index (χ4n) is 2.71. The Hall–Kier alpha value is -1.29. The quantitative estimate of drug-likeness (QED) is 0.774. The van der Waals surface area contributed by atoms with Crippen LogP contribution in [0.5, 0.6) is 0 Å². The van der Waals surface area contributed by atoms with Crippen molar-refractivity contribution in [3.05, 3.63) is 28.4 Å². The third-order valence-corrected chi connectivity index (χ3v) is 6.04. The Morgan fingerprint density at radius 3 is 2.83 bits per heavy atom. The second-order valence-electron chi connectivity index (χ2n) is 5.50. The minimum atomic E-state index is -3.48. The number of rotatable bonds is 6. The van der Waals surface area contributed by atoms with Crippen LogP contribution in [0, 0.1) is 5.92 Å². The monoisotopic (exact) mass is 344 g/mol. The van der Waals surface area contributed by atoms with Gasteiger partial charge >= 0.3 is 0 Å². The lowest BCUT2D eigenvalue weighted by Crippen LogP contribution is -2.46. The molecule has 2 heterocycles. The lowest BCUT2D eigenvalue weighted by atomic mass is 10.0. The highest BCUT2D eigenvalue weighted by Crippen LogP contribution is 2.17. The standard InChI is InChI=1S/C14H24N4O4S/c1-3-17(4-2)23(20,21)18-5-6-22-10-12(9-18)7-13-8-14(19)16-11-15-13/h8,11-12H,3-7,9-10H2,1-2H3,(H,15,16,19)/t12-/m0/s1. The van der Waals surface area contributed by atoms with Gasteiger partial charge in [0.1, 0.15) is 0 Å². The normalized spacial score (nSPS) is 20.6. The van der Waals surface area contributed by atoms with E-state index >= 15 is 0 Å². The molecule has 0 bridgehead atoms. The molecule has 1 aromatic rings. The average Bonchev–Trinajstić information content (AvgIpc) is 2.74. The molecular weight excluding hydrogens is 320 g/mol. The average molecular weight is 344 g/mol. The van der Waals surface area contributed by atoms with Gasteiger partial charge in [-0.1, -0.05) is 13.8 Å². The molecule has 1 aliphatic heterocycles. The predicted octanol–water partition coefficient (Wildman–Crippen LogP) is -0.153. The first-order valence-electron chi connectivity index (χ1n) is 7.84. The van der Waals surface area contributed by atoms with E-state index in [1.807, 2.05) is 13.8 Å². The van der Waals surface area contributed by atoms with E-state index in [0.717, 1.165) is 0 Å². The summed E-state index contributed by atoms with van der Waals surface area (Å²) in [6.07, 6.45) is 1.87. The van der Waals surface area contributed by atoms with E-state index in [9.17, 15) is 13.2 Å². The molecule has 0 saturated carbocycles. The zero-order chi connectivity index (χ0) is 16.9. The van der Waals surface area contributed by atoms with Crippen molar-refractivity contribution in [1.29, 1.82) is 0 Å². The van der Waals surface area contributed by atoms with E-state index in [2.05, 4.69) is 9.97 Å². The van der Waals surface area contributed by atoms with E-state index in [-0.39, 0.29) is 11.5 Å². The fourth-order valence-corrected chi connectivity index (χ4v) is 4.39. The predicted molar refractivity (Wildman–Crippen MR) is 86.3 cm³/mol. The van der Waals surface area contributed by atoms with Gasteiger partial charge in [0.2, 0.25) is 0 Å². The van der Waals surface area contributed by atoms with Crippen LogP contribution in [0.3, 0.4) is 0 Å². The van der Waals surface area contributed by atoms with Crippen LogP contribution in [-0.2, 0) is 21.4 Å². The summed E-state index contributed by atoms with van der Waals surface area (Å²) in [6, 6.07) is 1.44. The van der Waals surface area contributed by atoms with Crippen molar-refractivity contribution in [2.75, 3.05) is 39.4 Å². The molecule has 130 valence electrons. The molecule has 0 unspecified atom stereocenters. The highest BCUT2D eigenvalue weighted by atomic mass is 32.2. The van der Waals surface area contributed by atoms with Gasteiger partial charge in [-0.3, -0.25) is 4.79 Å². The highest BCUT2D eigenvalue weighted by Gasteiger charge is 2.31. The Bertz CT molecular complexity index is 657. The van der Waals surface area contributed by atoms with E-state index in [4.69, 9.17) is 4.74 Å². The van der Waals surface area contributed by atoms with Gasteiger partial charge in [-0.25, -0.2) is 4.98 Å². The number of nitrogens with one attached hydrogen (secondary N) is 1. The first kappa shape index (κ1) is 18.1. The van der Waals surface area contributed by atoms with Crippen LogP contribution in [0.15, 0.2) is 17.2 Å². The second-order valence-corrected chi connectivity index (χ2v) is 7.43. The molecule has 1 N–H and O–H groups in total. The van der Waals surface area contributed by atoms with Crippen molar-refractivity contribution in [3.8, 4) is 0 Å². The van der Waals surface area contributed by atoms with E-state index in [1.165, 1.54) is 21.0 Å². The van der Waals surface area contributed by atoms with Gasteiger partial charge in [0.25, 0.3) is 15.8 Å². The zero-order valence-corrected chi connectivity index (χ0v) is 14.4. The lowest BCUT2D eigenvalue weighted by molar-refractivity contribution is 0.122. The van der Waals surface area contributed by atoms with Gasteiger partial charge in [-0.15, -0.1) is 0 Å². The molecular formula is C14H24N4O4S.